The summed E-state index contributed by atoms with van der Waals surface area (Å²) in [5.74, 6) is -0.101. The van der Waals surface area contributed by atoms with Crippen LogP contribution in [0.3, 0.4) is 0 Å². The van der Waals surface area contributed by atoms with Gasteiger partial charge in [0.25, 0.3) is 0 Å². The number of rotatable bonds is 14. The number of hydrogen-bond acceptors (Lipinski definition) is 12. The Morgan fingerprint density at radius 3 is 1.21 bits per heavy atom. The van der Waals surface area contributed by atoms with E-state index in [1.165, 1.54) is 28.4 Å². The summed E-state index contributed by atoms with van der Waals surface area (Å²) < 4.78 is 32.8. The highest BCUT2D eigenvalue weighted by Gasteiger charge is 2.24. The second-order valence-electron chi connectivity index (χ2n) is 12.5. The van der Waals surface area contributed by atoms with Gasteiger partial charge in [-0.2, -0.15) is 0 Å². The zero-order chi connectivity index (χ0) is 37.8. The van der Waals surface area contributed by atoms with Gasteiger partial charge in [-0.15, -0.1) is 0 Å². The molecule has 6 aromatic carbocycles. The Morgan fingerprint density at radius 2 is 0.830 bits per heavy atom. The number of methoxy groups -OCH3 is 4. The third-order valence-electron chi connectivity index (χ3n) is 9.33. The fourth-order valence-corrected chi connectivity index (χ4v) is 6.58. The highest BCUT2D eigenvalue weighted by Crippen LogP contribution is 2.51. The molecule has 0 amide bonds. The summed E-state index contributed by atoms with van der Waals surface area (Å²) >= 11 is 0. The fourth-order valence-electron chi connectivity index (χ4n) is 6.58. The normalized spacial score (nSPS) is 11.2. The van der Waals surface area contributed by atoms with Gasteiger partial charge in [0.15, 0.2) is 23.0 Å². The maximum Gasteiger partial charge on any atom is 0.311 e. The molecule has 6 rings (SSSR count). The standard InChI is InChI=1S/C41H40O12/c1-48-22-12-14-24-28(20-22)36(44)26-16-18-30(50-3)40(34(26)38(24)46)52-32(42)10-8-6-5-7-9-11-33(43)53-41-31(51-4)19-17-27-35(41)39(47)25-15-13-23(49-2)21-29(25)37(27)45/h12-21,44-47H,5-11H2,1-4H3. The van der Waals surface area contributed by atoms with Crippen LogP contribution in [0.15, 0.2) is 60.7 Å². The van der Waals surface area contributed by atoms with Crippen LogP contribution in [0, 0.1) is 0 Å². The topological polar surface area (TPSA) is 170 Å². The Kier molecular flexibility index (Phi) is 10.7. The quantitative estimate of drug-likeness (QED) is 0.0279. The maximum absolute atomic E-state index is 13.0. The van der Waals surface area contributed by atoms with Gasteiger partial charge in [0, 0.05) is 45.2 Å². The lowest BCUT2D eigenvalue weighted by atomic mass is 9.99. The molecule has 276 valence electrons. The third kappa shape index (κ3) is 6.99. The molecular weight excluding hydrogens is 684 g/mol. The van der Waals surface area contributed by atoms with Crippen molar-refractivity contribution in [2.45, 2.75) is 44.9 Å². The van der Waals surface area contributed by atoms with E-state index in [1.54, 1.807) is 60.7 Å². The highest BCUT2D eigenvalue weighted by molar-refractivity contribution is 6.15. The van der Waals surface area contributed by atoms with Gasteiger partial charge >= 0.3 is 11.9 Å². The van der Waals surface area contributed by atoms with Crippen LogP contribution < -0.4 is 28.4 Å². The Morgan fingerprint density at radius 1 is 0.453 bits per heavy atom. The minimum Gasteiger partial charge on any atom is -0.507 e. The van der Waals surface area contributed by atoms with E-state index in [2.05, 4.69) is 0 Å². The lowest BCUT2D eigenvalue weighted by Crippen LogP contribution is -2.09. The number of esters is 2. The van der Waals surface area contributed by atoms with Crippen LogP contribution in [0.5, 0.6) is 57.5 Å². The Labute approximate surface area is 304 Å². The molecule has 0 fully saturated rings. The number of phenolic OH excluding ortho intramolecular Hbond substituents is 4. The van der Waals surface area contributed by atoms with Crippen molar-refractivity contribution in [2.75, 3.05) is 28.4 Å². The number of ether oxygens (including phenoxy) is 6. The van der Waals surface area contributed by atoms with Crippen LogP contribution >= 0.6 is 0 Å². The van der Waals surface area contributed by atoms with Gasteiger partial charge in [-0.05, 0) is 73.5 Å². The molecule has 0 aromatic heterocycles. The average molecular weight is 725 g/mol. The summed E-state index contributed by atoms with van der Waals surface area (Å²) in [6.07, 6.45) is 3.35. The SMILES string of the molecule is COc1ccc2c(O)c3c(OC(=O)CCCCCCCC(=O)Oc4c(OC)ccc5c(O)c6cc(OC)ccc6c(O)c45)c(OC)ccc3c(O)c2c1. The van der Waals surface area contributed by atoms with Crippen LogP contribution in [-0.4, -0.2) is 60.8 Å². The number of unbranched alkanes of at least 4 members (excludes halogenated alkanes) is 4. The van der Waals surface area contributed by atoms with Crippen molar-refractivity contribution in [3.8, 4) is 57.5 Å². The molecule has 0 aliphatic carbocycles. The average Bonchev–Trinajstić information content (AvgIpc) is 3.17. The Bertz CT molecular complexity index is 2200. The van der Waals surface area contributed by atoms with Gasteiger partial charge in [0.1, 0.15) is 34.5 Å². The van der Waals surface area contributed by atoms with Gasteiger partial charge in [0.2, 0.25) is 0 Å². The Hall–Kier alpha value is -6.30. The highest BCUT2D eigenvalue weighted by atomic mass is 16.6. The second-order valence-corrected chi connectivity index (χ2v) is 12.5. The van der Waals surface area contributed by atoms with Gasteiger partial charge in [-0.3, -0.25) is 9.59 Å². The predicted octanol–water partition coefficient (Wildman–Crippen LogP) is 8.40. The number of benzene rings is 6. The van der Waals surface area contributed by atoms with Crippen molar-refractivity contribution in [1.82, 2.24) is 0 Å². The number of phenols is 4. The molecule has 53 heavy (non-hydrogen) atoms. The van der Waals surface area contributed by atoms with E-state index in [0.717, 1.165) is 6.42 Å². The summed E-state index contributed by atoms with van der Waals surface area (Å²) in [6.45, 7) is 0. The summed E-state index contributed by atoms with van der Waals surface area (Å²) in [4.78, 5) is 25.9. The smallest absolute Gasteiger partial charge is 0.311 e. The lowest BCUT2D eigenvalue weighted by molar-refractivity contribution is -0.135. The molecule has 6 aromatic rings. The van der Waals surface area contributed by atoms with Crippen molar-refractivity contribution in [3.63, 3.8) is 0 Å². The number of hydrogen-bond donors (Lipinski definition) is 4. The molecule has 0 aliphatic heterocycles. The molecule has 12 nitrogen and oxygen atoms in total. The van der Waals surface area contributed by atoms with Crippen LogP contribution in [0.2, 0.25) is 0 Å². The molecule has 0 saturated heterocycles. The molecular formula is C41H40O12. The van der Waals surface area contributed by atoms with E-state index < -0.39 is 11.9 Å². The first-order valence-electron chi connectivity index (χ1n) is 17.1. The second kappa shape index (κ2) is 15.5. The van der Waals surface area contributed by atoms with Crippen LogP contribution in [0.4, 0.5) is 0 Å². The van der Waals surface area contributed by atoms with Crippen molar-refractivity contribution in [2.24, 2.45) is 0 Å². The van der Waals surface area contributed by atoms with Crippen molar-refractivity contribution < 1.29 is 58.4 Å². The Balaban J connectivity index is 1.05. The van der Waals surface area contributed by atoms with Crippen LogP contribution in [-0.2, 0) is 9.59 Å². The van der Waals surface area contributed by atoms with E-state index >= 15 is 0 Å². The molecule has 0 spiro atoms. The largest absolute Gasteiger partial charge is 0.507 e. The van der Waals surface area contributed by atoms with Crippen molar-refractivity contribution in [1.29, 1.82) is 0 Å². The molecule has 0 bridgehead atoms. The summed E-state index contributed by atoms with van der Waals surface area (Å²) in [5, 5.41) is 46.9. The van der Waals surface area contributed by atoms with Crippen molar-refractivity contribution >= 4 is 55.0 Å². The number of fused-ring (bicyclic) bond motifs is 4. The molecule has 12 heteroatoms. The zero-order valence-electron chi connectivity index (χ0n) is 29.8. The predicted molar refractivity (Wildman–Crippen MR) is 199 cm³/mol. The fraction of sp³-hybridized carbons (Fsp3) is 0.268. The van der Waals surface area contributed by atoms with E-state index in [0.29, 0.717) is 58.7 Å². The molecule has 0 aliphatic rings. The van der Waals surface area contributed by atoms with E-state index in [4.69, 9.17) is 28.4 Å². The van der Waals surface area contributed by atoms with E-state index in [9.17, 15) is 30.0 Å². The summed E-state index contributed by atoms with van der Waals surface area (Å²) in [7, 11) is 5.85. The molecule has 0 heterocycles. The van der Waals surface area contributed by atoms with Crippen LogP contribution in [0.1, 0.15) is 44.9 Å². The van der Waals surface area contributed by atoms with Gasteiger partial charge in [-0.25, -0.2) is 0 Å². The summed E-state index contributed by atoms with van der Waals surface area (Å²) in [6, 6.07) is 16.1. The van der Waals surface area contributed by atoms with Gasteiger partial charge in [-0.1, -0.05) is 19.3 Å². The molecule has 0 radical (unpaired) electrons. The zero-order valence-corrected chi connectivity index (χ0v) is 29.8. The van der Waals surface area contributed by atoms with Crippen LogP contribution in [0.25, 0.3) is 43.1 Å². The molecule has 0 unspecified atom stereocenters. The molecule has 4 N–H and O–H groups in total. The summed E-state index contributed by atoms with van der Waals surface area (Å²) in [5.41, 5.74) is 0. The van der Waals surface area contributed by atoms with E-state index in [-0.39, 0.29) is 80.4 Å². The minimum atomic E-state index is -0.529. The van der Waals surface area contributed by atoms with E-state index in [1.807, 2.05) is 0 Å². The maximum atomic E-state index is 13.0. The molecule has 0 saturated carbocycles. The number of aromatic hydroxyl groups is 4. The molecule has 0 atom stereocenters. The minimum absolute atomic E-state index is 0.0128. The first-order valence-corrected chi connectivity index (χ1v) is 17.1. The third-order valence-corrected chi connectivity index (χ3v) is 9.33. The van der Waals surface area contributed by atoms with Gasteiger partial charge < -0.3 is 48.8 Å². The number of carbonyl (C=O) groups is 2. The monoisotopic (exact) mass is 724 g/mol. The first kappa shape index (κ1) is 36.5. The van der Waals surface area contributed by atoms with Gasteiger partial charge in [0.05, 0.1) is 39.2 Å². The first-order chi connectivity index (χ1) is 25.6. The lowest BCUT2D eigenvalue weighted by Gasteiger charge is -2.16. The van der Waals surface area contributed by atoms with Crippen molar-refractivity contribution in [3.05, 3.63) is 60.7 Å². The number of carbonyl (C=O) groups excluding carboxylic acids is 2.